The van der Waals surface area contributed by atoms with Crippen LogP contribution < -0.4 is 0 Å². The molecule has 0 atom stereocenters. The van der Waals surface area contributed by atoms with Crippen molar-refractivity contribution >= 4 is 8.80 Å². The molecular formula is C16H36O3Si. The molecule has 0 spiro atoms. The third-order valence-electron chi connectivity index (χ3n) is 3.34. The zero-order valence-electron chi connectivity index (χ0n) is 14.2. The van der Waals surface area contributed by atoms with Gasteiger partial charge in [-0.05, 0) is 19.3 Å². The topological polar surface area (TPSA) is 27.7 Å². The summed E-state index contributed by atoms with van der Waals surface area (Å²) in [5.41, 5.74) is 0. The van der Waals surface area contributed by atoms with Gasteiger partial charge in [-0.2, -0.15) is 0 Å². The van der Waals surface area contributed by atoms with Crippen molar-refractivity contribution in [1.29, 1.82) is 0 Å². The molecule has 0 aromatic heterocycles. The smallest absolute Gasteiger partial charge is 0.374 e. The molecular weight excluding hydrogens is 268 g/mol. The van der Waals surface area contributed by atoms with E-state index in [4.69, 9.17) is 13.3 Å². The Morgan fingerprint density at radius 2 is 0.850 bits per heavy atom. The molecule has 0 aromatic carbocycles. The average molecular weight is 305 g/mol. The molecule has 0 unspecified atom stereocenters. The molecule has 0 N–H and O–H groups in total. The van der Waals surface area contributed by atoms with Crippen LogP contribution in [0.1, 0.15) is 78.6 Å². The van der Waals surface area contributed by atoms with Crippen LogP contribution in [0.15, 0.2) is 0 Å². The van der Waals surface area contributed by atoms with Gasteiger partial charge in [0.05, 0.1) is 0 Å². The van der Waals surface area contributed by atoms with Crippen LogP contribution in [-0.2, 0) is 13.3 Å². The molecule has 0 aliphatic heterocycles. The third kappa shape index (κ3) is 11.9. The summed E-state index contributed by atoms with van der Waals surface area (Å²) >= 11 is 0. The molecule has 0 aliphatic carbocycles. The molecule has 0 rings (SSSR count). The Morgan fingerprint density at radius 3 is 1.10 bits per heavy atom. The summed E-state index contributed by atoms with van der Waals surface area (Å²) in [7, 11) is -2.40. The second-order valence-corrected chi connectivity index (χ2v) is 8.12. The molecule has 0 fully saturated rings. The highest BCUT2D eigenvalue weighted by Gasteiger charge is 2.34. The summed E-state index contributed by atoms with van der Waals surface area (Å²) in [5.74, 6) is 0. The van der Waals surface area contributed by atoms with Gasteiger partial charge in [0, 0.05) is 26.4 Å². The largest absolute Gasteiger partial charge is 0.497 e. The normalized spacial score (nSPS) is 12.0. The Morgan fingerprint density at radius 1 is 0.550 bits per heavy atom. The Balaban J connectivity index is 3.98. The highest BCUT2D eigenvalue weighted by molar-refractivity contribution is 6.59. The molecule has 0 aliphatic rings. The molecule has 0 heterocycles. The number of hydrogen-bond donors (Lipinski definition) is 0. The molecule has 20 heavy (non-hydrogen) atoms. The van der Waals surface area contributed by atoms with Crippen molar-refractivity contribution < 1.29 is 13.3 Å². The molecule has 0 bridgehead atoms. The van der Waals surface area contributed by atoms with Gasteiger partial charge in [-0.25, -0.2) is 0 Å². The van der Waals surface area contributed by atoms with E-state index in [1.54, 1.807) is 0 Å². The summed E-state index contributed by atoms with van der Waals surface area (Å²) in [5, 5.41) is 0. The maximum Gasteiger partial charge on any atom is 0.497 e. The fraction of sp³-hybridized carbons (Fsp3) is 1.00. The summed E-state index contributed by atoms with van der Waals surface area (Å²) in [6, 6.07) is 0. The van der Waals surface area contributed by atoms with Crippen molar-refractivity contribution in [3.8, 4) is 0 Å². The zero-order chi connectivity index (χ0) is 15.1. The Labute approximate surface area is 127 Å². The molecule has 0 aromatic rings. The van der Waals surface area contributed by atoms with Crippen molar-refractivity contribution in [2.75, 3.05) is 19.8 Å². The predicted molar refractivity (Wildman–Crippen MR) is 88.0 cm³/mol. The summed E-state index contributed by atoms with van der Waals surface area (Å²) in [6.07, 6.45) is 10.6. The zero-order valence-corrected chi connectivity index (χ0v) is 15.2. The van der Waals surface area contributed by atoms with E-state index in [2.05, 4.69) is 27.3 Å². The minimum absolute atomic E-state index is 0.776. The molecule has 122 valence electrons. The van der Waals surface area contributed by atoms with Crippen molar-refractivity contribution in [1.82, 2.24) is 0 Å². The van der Waals surface area contributed by atoms with Crippen LogP contribution in [-0.4, -0.2) is 28.6 Å². The van der Waals surface area contributed by atoms with Crippen LogP contribution in [0.4, 0.5) is 0 Å². The molecule has 3 nitrogen and oxygen atoms in total. The fourth-order valence-corrected chi connectivity index (χ4v) is 3.75. The monoisotopic (exact) mass is 304 g/mol. The SMILES string of the molecule is CCCCCO[Si](C)(OCCCCC)OCCCCC. The first-order chi connectivity index (χ1) is 9.68. The second kappa shape index (κ2) is 14.1. The van der Waals surface area contributed by atoms with Crippen molar-refractivity contribution in [2.45, 2.75) is 85.1 Å². The van der Waals surface area contributed by atoms with Gasteiger partial charge in [-0.3, -0.25) is 0 Å². The number of unbranched alkanes of at least 4 members (excludes halogenated alkanes) is 6. The Kier molecular flexibility index (Phi) is 14.1. The van der Waals surface area contributed by atoms with Gasteiger partial charge in [-0.1, -0.05) is 59.3 Å². The van der Waals surface area contributed by atoms with Gasteiger partial charge in [0.25, 0.3) is 0 Å². The van der Waals surface area contributed by atoms with E-state index >= 15 is 0 Å². The van der Waals surface area contributed by atoms with Crippen LogP contribution in [0.3, 0.4) is 0 Å². The predicted octanol–water partition coefficient (Wildman–Crippen LogP) is 5.18. The van der Waals surface area contributed by atoms with Gasteiger partial charge < -0.3 is 13.3 Å². The van der Waals surface area contributed by atoms with E-state index in [0.29, 0.717) is 0 Å². The van der Waals surface area contributed by atoms with Gasteiger partial charge in [0.1, 0.15) is 0 Å². The molecule has 0 amide bonds. The van der Waals surface area contributed by atoms with Crippen LogP contribution >= 0.6 is 0 Å². The first-order valence-corrected chi connectivity index (χ1v) is 10.8. The maximum atomic E-state index is 5.99. The maximum absolute atomic E-state index is 5.99. The highest BCUT2D eigenvalue weighted by atomic mass is 28.4. The average Bonchev–Trinajstić information content (AvgIpc) is 2.45. The van der Waals surface area contributed by atoms with Crippen molar-refractivity contribution in [2.24, 2.45) is 0 Å². The summed E-state index contributed by atoms with van der Waals surface area (Å²) in [4.78, 5) is 0. The molecule has 0 saturated heterocycles. The van der Waals surface area contributed by atoms with Crippen molar-refractivity contribution in [3.63, 3.8) is 0 Å². The van der Waals surface area contributed by atoms with E-state index in [-0.39, 0.29) is 0 Å². The lowest BCUT2D eigenvalue weighted by atomic mass is 10.3. The summed E-state index contributed by atoms with van der Waals surface area (Å²) in [6.45, 7) is 11.0. The third-order valence-corrected chi connectivity index (χ3v) is 5.52. The van der Waals surface area contributed by atoms with Crippen LogP contribution in [0.2, 0.25) is 6.55 Å². The van der Waals surface area contributed by atoms with Gasteiger partial charge >= 0.3 is 8.80 Å². The standard InChI is InChI=1S/C16H36O3Si/c1-5-8-11-14-17-20(4,18-15-12-9-6-2)19-16-13-10-7-3/h5-16H2,1-4H3. The summed E-state index contributed by atoms with van der Waals surface area (Å²) < 4.78 is 18.0. The van der Waals surface area contributed by atoms with Gasteiger partial charge in [0.2, 0.25) is 0 Å². The molecule has 4 heteroatoms. The molecule has 0 saturated carbocycles. The second-order valence-electron chi connectivity index (χ2n) is 5.53. The van der Waals surface area contributed by atoms with Gasteiger partial charge in [0.15, 0.2) is 0 Å². The van der Waals surface area contributed by atoms with E-state index in [1.165, 1.54) is 38.5 Å². The first kappa shape index (κ1) is 20.1. The van der Waals surface area contributed by atoms with Gasteiger partial charge in [-0.15, -0.1) is 0 Å². The first-order valence-electron chi connectivity index (χ1n) is 8.60. The highest BCUT2D eigenvalue weighted by Crippen LogP contribution is 2.13. The Hall–Kier alpha value is 0.0969. The van der Waals surface area contributed by atoms with E-state index in [0.717, 1.165) is 39.1 Å². The van der Waals surface area contributed by atoms with E-state index < -0.39 is 8.80 Å². The minimum atomic E-state index is -2.40. The number of rotatable bonds is 15. The molecule has 0 radical (unpaired) electrons. The van der Waals surface area contributed by atoms with E-state index in [1.807, 2.05) is 0 Å². The lowest BCUT2D eigenvalue weighted by Gasteiger charge is -2.26. The Bertz CT molecular complexity index is 169. The van der Waals surface area contributed by atoms with Crippen LogP contribution in [0, 0.1) is 0 Å². The fourth-order valence-electron chi connectivity index (χ4n) is 1.95. The minimum Gasteiger partial charge on any atom is -0.374 e. The lowest BCUT2D eigenvalue weighted by Crippen LogP contribution is -2.43. The lowest BCUT2D eigenvalue weighted by molar-refractivity contribution is 0.0619. The van der Waals surface area contributed by atoms with Crippen LogP contribution in [0.25, 0.3) is 0 Å². The number of hydrogen-bond acceptors (Lipinski definition) is 3. The van der Waals surface area contributed by atoms with E-state index in [9.17, 15) is 0 Å². The van der Waals surface area contributed by atoms with Crippen LogP contribution in [0.5, 0.6) is 0 Å². The van der Waals surface area contributed by atoms with Crippen molar-refractivity contribution in [3.05, 3.63) is 0 Å². The quantitative estimate of drug-likeness (QED) is 0.308.